The first-order chi connectivity index (χ1) is 9.20. The molecule has 0 radical (unpaired) electrons. The summed E-state index contributed by atoms with van der Waals surface area (Å²) in [5, 5.41) is 9.21. The van der Waals surface area contributed by atoms with Gasteiger partial charge in [-0.2, -0.15) is 5.26 Å². The third kappa shape index (κ3) is 3.93. The molecule has 0 N–H and O–H groups in total. The van der Waals surface area contributed by atoms with Gasteiger partial charge in [0.1, 0.15) is 6.07 Å². The summed E-state index contributed by atoms with van der Waals surface area (Å²) < 4.78 is 5.33. The molecule has 0 spiro atoms. The molecule has 102 valence electrons. The highest BCUT2D eigenvalue weighted by Gasteiger charge is 2.12. The van der Waals surface area contributed by atoms with Crippen LogP contribution in [0.1, 0.15) is 17.0 Å². The van der Waals surface area contributed by atoms with Crippen molar-refractivity contribution in [3.63, 3.8) is 0 Å². The second kappa shape index (κ2) is 6.90. The SMILES string of the molecule is Cc1cc(SCCN2CCOCC2)c(C#N)c(C)n1. The van der Waals surface area contributed by atoms with E-state index < -0.39 is 0 Å². The van der Waals surface area contributed by atoms with Crippen LogP contribution in [0.2, 0.25) is 0 Å². The van der Waals surface area contributed by atoms with Gasteiger partial charge in [0, 0.05) is 36.0 Å². The number of aryl methyl sites for hydroxylation is 2. The van der Waals surface area contributed by atoms with Crippen LogP contribution in [0.5, 0.6) is 0 Å². The molecule has 2 rings (SSSR count). The van der Waals surface area contributed by atoms with E-state index in [1.807, 2.05) is 19.9 Å². The molecule has 0 aromatic carbocycles. The number of thioether (sulfide) groups is 1. The summed E-state index contributed by atoms with van der Waals surface area (Å²) in [4.78, 5) is 7.80. The Bertz CT molecular complexity index is 478. The lowest BCUT2D eigenvalue weighted by molar-refractivity contribution is 0.0410. The van der Waals surface area contributed by atoms with E-state index in [-0.39, 0.29) is 0 Å². The van der Waals surface area contributed by atoms with E-state index >= 15 is 0 Å². The molecule has 1 fully saturated rings. The molecule has 4 nitrogen and oxygen atoms in total. The molecule has 19 heavy (non-hydrogen) atoms. The number of ether oxygens (including phenoxy) is 1. The second-order valence-corrected chi connectivity index (χ2v) is 5.77. The van der Waals surface area contributed by atoms with Crippen LogP contribution in [0.3, 0.4) is 0 Å². The van der Waals surface area contributed by atoms with Crippen LogP contribution in [0.4, 0.5) is 0 Å². The van der Waals surface area contributed by atoms with Crippen LogP contribution in [0.15, 0.2) is 11.0 Å². The Labute approximate surface area is 118 Å². The zero-order chi connectivity index (χ0) is 13.7. The molecule has 0 bridgehead atoms. The molecule has 1 aromatic heterocycles. The van der Waals surface area contributed by atoms with Gasteiger partial charge in [-0.05, 0) is 19.9 Å². The van der Waals surface area contributed by atoms with Crippen molar-refractivity contribution in [3.05, 3.63) is 23.0 Å². The molecule has 1 aliphatic rings. The highest BCUT2D eigenvalue weighted by atomic mass is 32.2. The molecule has 2 heterocycles. The maximum Gasteiger partial charge on any atom is 0.102 e. The number of pyridine rings is 1. The summed E-state index contributed by atoms with van der Waals surface area (Å²) in [6.07, 6.45) is 0. The summed E-state index contributed by atoms with van der Waals surface area (Å²) in [5.74, 6) is 0.998. The first kappa shape index (κ1) is 14.3. The lowest BCUT2D eigenvalue weighted by Crippen LogP contribution is -2.37. The van der Waals surface area contributed by atoms with Gasteiger partial charge in [0.2, 0.25) is 0 Å². The van der Waals surface area contributed by atoms with Crippen LogP contribution in [-0.2, 0) is 4.74 Å². The van der Waals surface area contributed by atoms with Gasteiger partial charge in [-0.25, -0.2) is 0 Å². The van der Waals surface area contributed by atoms with Gasteiger partial charge in [0.15, 0.2) is 0 Å². The first-order valence-electron chi connectivity index (χ1n) is 6.52. The van der Waals surface area contributed by atoms with Crippen molar-refractivity contribution in [1.82, 2.24) is 9.88 Å². The average Bonchev–Trinajstić information content (AvgIpc) is 2.39. The molecule has 0 amide bonds. The van der Waals surface area contributed by atoms with Crippen LogP contribution in [-0.4, -0.2) is 48.5 Å². The van der Waals surface area contributed by atoms with E-state index in [0.29, 0.717) is 0 Å². The molecule has 1 aliphatic heterocycles. The first-order valence-corrected chi connectivity index (χ1v) is 7.50. The maximum absolute atomic E-state index is 9.21. The molecule has 0 atom stereocenters. The van der Waals surface area contributed by atoms with Crippen LogP contribution in [0, 0.1) is 25.2 Å². The minimum absolute atomic E-state index is 0.720. The predicted molar refractivity (Wildman–Crippen MR) is 76.4 cm³/mol. The zero-order valence-corrected chi connectivity index (χ0v) is 12.3. The fraction of sp³-hybridized carbons (Fsp3) is 0.571. The molecule has 5 heteroatoms. The summed E-state index contributed by atoms with van der Waals surface area (Å²) >= 11 is 1.75. The Morgan fingerprint density at radius 3 is 2.84 bits per heavy atom. The molecule has 0 unspecified atom stereocenters. The van der Waals surface area contributed by atoms with Gasteiger partial charge in [0.25, 0.3) is 0 Å². The number of aromatic nitrogens is 1. The van der Waals surface area contributed by atoms with Gasteiger partial charge in [-0.3, -0.25) is 9.88 Å². The van der Waals surface area contributed by atoms with E-state index in [1.54, 1.807) is 11.8 Å². The Balaban J connectivity index is 1.93. The fourth-order valence-corrected chi connectivity index (χ4v) is 3.31. The van der Waals surface area contributed by atoms with Gasteiger partial charge >= 0.3 is 0 Å². The van der Waals surface area contributed by atoms with Crippen LogP contribution >= 0.6 is 11.8 Å². The topological polar surface area (TPSA) is 49.1 Å². The predicted octanol–water partition coefficient (Wildman–Crippen LogP) is 1.99. The highest BCUT2D eigenvalue weighted by molar-refractivity contribution is 7.99. The number of hydrogen-bond donors (Lipinski definition) is 0. The standard InChI is InChI=1S/C14H19N3OS/c1-11-9-14(13(10-15)12(2)16-11)19-8-5-17-3-6-18-7-4-17/h9H,3-8H2,1-2H3. The molecule has 1 aromatic rings. The van der Waals surface area contributed by atoms with Crippen molar-refractivity contribution in [2.24, 2.45) is 0 Å². The Kier molecular flexibility index (Phi) is 5.20. The van der Waals surface area contributed by atoms with E-state index in [1.165, 1.54) is 0 Å². The normalized spacial score (nSPS) is 16.3. The smallest absolute Gasteiger partial charge is 0.102 e. The van der Waals surface area contributed by atoms with Crippen molar-refractivity contribution in [3.8, 4) is 6.07 Å². The summed E-state index contributed by atoms with van der Waals surface area (Å²) in [5.41, 5.74) is 2.53. The summed E-state index contributed by atoms with van der Waals surface area (Å²) in [6.45, 7) is 8.61. The molecular weight excluding hydrogens is 258 g/mol. The van der Waals surface area contributed by atoms with Crippen LogP contribution in [0.25, 0.3) is 0 Å². The minimum Gasteiger partial charge on any atom is -0.379 e. The van der Waals surface area contributed by atoms with Gasteiger partial charge in [0.05, 0.1) is 24.5 Å². The van der Waals surface area contributed by atoms with E-state index in [2.05, 4.69) is 16.0 Å². The monoisotopic (exact) mass is 277 g/mol. The van der Waals surface area contributed by atoms with Crippen molar-refractivity contribution in [2.75, 3.05) is 38.6 Å². The lowest BCUT2D eigenvalue weighted by Gasteiger charge is -2.26. The van der Waals surface area contributed by atoms with Crippen molar-refractivity contribution >= 4 is 11.8 Å². The van der Waals surface area contributed by atoms with Gasteiger partial charge in [-0.1, -0.05) is 0 Å². The van der Waals surface area contributed by atoms with Gasteiger partial charge in [-0.15, -0.1) is 11.8 Å². The molecule has 0 saturated carbocycles. The Morgan fingerprint density at radius 2 is 2.16 bits per heavy atom. The largest absolute Gasteiger partial charge is 0.379 e. The molecule has 1 saturated heterocycles. The van der Waals surface area contributed by atoms with Gasteiger partial charge < -0.3 is 4.74 Å². The Morgan fingerprint density at radius 1 is 1.42 bits per heavy atom. The summed E-state index contributed by atoms with van der Waals surface area (Å²) in [7, 11) is 0. The van der Waals surface area contributed by atoms with Crippen molar-refractivity contribution < 1.29 is 4.74 Å². The van der Waals surface area contributed by atoms with E-state index in [4.69, 9.17) is 4.74 Å². The third-order valence-corrected chi connectivity index (χ3v) is 4.19. The number of rotatable bonds is 4. The average molecular weight is 277 g/mol. The second-order valence-electron chi connectivity index (χ2n) is 4.64. The summed E-state index contributed by atoms with van der Waals surface area (Å²) in [6, 6.07) is 4.27. The lowest BCUT2D eigenvalue weighted by atomic mass is 10.2. The maximum atomic E-state index is 9.21. The van der Waals surface area contributed by atoms with E-state index in [0.717, 1.165) is 60.4 Å². The van der Waals surface area contributed by atoms with Crippen molar-refractivity contribution in [2.45, 2.75) is 18.7 Å². The number of nitriles is 1. The Hall–Kier alpha value is -1.09. The fourth-order valence-electron chi connectivity index (χ4n) is 2.15. The quantitative estimate of drug-likeness (QED) is 0.788. The number of hydrogen-bond acceptors (Lipinski definition) is 5. The third-order valence-electron chi connectivity index (χ3n) is 3.17. The number of morpholine rings is 1. The van der Waals surface area contributed by atoms with Crippen LogP contribution < -0.4 is 0 Å². The molecular formula is C14H19N3OS. The van der Waals surface area contributed by atoms with Crippen molar-refractivity contribution in [1.29, 1.82) is 5.26 Å². The number of nitrogens with zero attached hydrogens (tertiary/aromatic N) is 3. The minimum atomic E-state index is 0.720. The molecule has 0 aliphatic carbocycles. The van der Waals surface area contributed by atoms with E-state index in [9.17, 15) is 5.26 Å². The zero-order valence-electron chi connectivity index (χ0n) is 11.5. The highest BCUT2D eigenvalue weighted by Crippen LogP contribution is 2.25.